The number of methoxy groups -OCH3 is 2. The molecule has 1 aromatic carbocycles. The Morgan fingerprint density at radius 3 is 2.59 bits per heavy atom. The average molecular weight is 368 g/mol. The highest BCUT2D eigenvalue weighted by atomic mass is 79.9. The number of aromatic nitrogens is 2. The van der Waals surface area contributed by atoms with E-state index in [4.69, 9.17) is 15.2 Å². The number of halogens is 1. The lowest BCUT2D eigenvalue weighted by Gasteiger charge is -2.27. The van der Waals surface area contributed by atoms with Gasteiger partial charge in [0.15, 0.2) is 11.5 Å². The summed E-state index contributed by atoms with van der Waals surface area (Å²) in [5, 5.41) is 4.05. The second kappa shape index (κ2) is 6.13. The first-order valence-corrected chi connectivity index (χ1v) is 7.78. The van der Waals surface area contributed by atoms with Crippen molar-refractivity contribution in [1.82, 2.24) is 15.3 Å². The normalized spacial score (nSPS) is 15.1. The van der Waals surface area contributed by atoms with Crippen molar-refractivity contribution in [3.05, 3.63) is 10.5 Å². The van der Waals surface area contributed by atoms with E-state index in [0.29, 0.717) is 23.3 Å². The Labute approximate surface area is 136 Å². The molecule has 0 bridgehead atoms. The molecule has 8 heteroatoms. The smallest absolute Gasteiger partial charge is 0.228 e. The van der Waals surface area contributed by atoms with E-state index in [1.54, 1.807) is 20.3 Å². The van der Waals surface area contributed by atoms with Crippen LogP contribution in [0.1, 0.15) is 0 Å². The minimum Gasteiger partial charge on any atom is -0.493 e. The second-order valence-corrected chi connectivity index (χ2v) is 5.76. The van der Waals surface area contributed by atoms with Crippen LogP contribution in [0.5, 0.6) is 11.5 Å². The molecule has 0 amide bonds. The van der Waals surface area contributed by atoms with Crippen LogP contribution >= 0.6 is 15.9 Å². The van der Waals surface area contributed by atoms with Gasteiger partial charge in [0, 0.05) is 31.6 Å². The molecule has 1 aromatic heterocycles. The molecule has 0 radical (unpaired) electrons. The number of hydrogen-bond acceptors (Lipinski definition) is 7. The Balaban J connectivity index is 2.17. The van der Waals surface area contributed by atoms with Crippen LogP contribution in [-0.4, -0.2) is 50.4 Å². The number of nitrogens with zero attached hydrogens (tertiary/aromatic N) is 3. The zero-order valence-corrected chi connectivity index (χ0v) is 14.1. The number of ether oxygens (including phenoxy) is 2. The first kappa shape index (κ1) is 15.1. The van der Waals surface area contributed by atoms with Crippen LogP contribution in [0.15, 0.2) is 10.5 Å². The van der Waals surface area contributed by atoms with E-state index in [0.717, 1.165) is 41.6 Å². The number of hydrogen-bond donors (Lipinski definition) is 2. The summed E-state index contributed by atoms with van der Waals surface area (Å²) in [6, 6.07) is 1.80. The van der Waals surface area contributed by atoms with E-state index in [2.05, 4.69) is 36.1 Å². The fourth-order valence-electron chi connectivity index (χ4n) is 2.54. The molecule has 0 atom stereocenters. The van der Waals surface area contributed by atoms with Crippen molar-refractivity contribution in [3.63, 3.8) is 0 Å². The number of rotatable bonds is 3. The summed E-state index contributed by atoms with van der Waals surface area (Å²) in [6.45, 7) is 3.54. The van der Waals surface area contributed by atoms with Crippen LogP contribution in [0.4, 0.5) is 11.8 Å². The molecule has 0 saturated carbocycles. The number of nitrogens with one attached hydrogen (secondary N) is 1. The molecule has 0 unspecified atom stereocenters. The van der Waals surface area contributed by atoms with Gasteiger partial charge < -0.3 is 25.4 Å². The van der Waals surface area contributed by atoms with Crippen molar-refractivity contribution in [2.45, 2.75) is 0 Å². The van der Waals surface area contributed by atoms with Crippen LogP contribution in [-0.2, 0) is 0 Å². The van der Waals surface area contributed by atoms with E-state index in [1.807, 2.05) is 0 Å². The van der Waals surface area contributed by atoms with E-state index in [9.17, 15) is 0 Å². The first-order valence-electron chi connectivity index (χ1n) is 6.99. The Morgan fingerprint density at radius 1 is 1.23 bits per heavy atom. The predicted molar refractivity (Wildman–Crippen MR) is 89.8 cm³/mol. The minimum atomic E-state index is 0.431. The molecule has 3 rings (SSSR count). The summed E-state index contributed by atoms with van der Waals surface area (Å²) < 4.78 is 11.5. The van der Waals surface area contributed by atoms with Crippen molar-refractivity contribution in [1.29, 1.82) is 0 Å². The van der Waals surface area contributed by atoms with Gasteiger partial charge in [0.25, 0.3) is 0 Å². The van der Waals surface area contributed by atoms with E-state index in [-0.39, 0.29) is 0 Å². The lowest BCUT2D eigenvalue weighted by atomic mass is 10.2. The summed E-state index contributed by atoms with van der Waals surface area (Å²) in [5.74, 6) is 2.26. The standard InChI is InChI=1S/C14H18BrN5O2/c1-21-9-7-8-11(10(15)12(9)22-2)18-14(19-13(8)16)20-5-3-17-4-6-20/h7,17H,3-6H2,1-2H3,(H2,16,18,19). The molecule has 2 heterocycles. The number of anilines is 2. The van der Waals surface area contributed by atoms with Crippen LogP contribution in [0.25, 0.3) is 10.9 Å². The second-order valence-electron chi connectivity index (χ2n) is 4.97. The van der Waals surface area contributed by atoms with Crippen molar-refractivity contribution >= 4 is 38.6 Å². The highest BCUT2D eigenvalue weighted by Gasteiger charge is 2.20. The van der Waals surface area contributed by atoms with Gasteiger partial charge in [-0.3, -0.25) is 0 Å². The largest absolute Gasteiger partial charge is 0.493 e. The molecule has 1 saturated heterocycles. The van der Waals surface area contributed by atoms with Gasteiger partial charge in [-0.25, -0.2) is 4.98 Å². The summed E-state index contributed by atoms with van der Waals surface area (Å²) in [6.07, 6.45) is 0. The number of benzene rings is 1. The van der Waals surface area contributed by atoms with Crippen molar-refractivity contribution in [3.8, 4) is 11.5 Å². The number of nitrogens with two attached hydrogens (primary N) is 1. The number of nitrogen functional groups attached to an aromatic ring is 1. The number of piperazine rings is 1. The summed E-state index contributed by atoms with van der Waals surface area (Å²) in [5.41, 5.74) is 6.86. The van der Waals surface area contributed by atoms with Crippen LogP contribution < -0.4 is 25.4 Å². The fourth-order valence-corrected chi connectivity index (χ4v) is 3.20. The molecule has 22 heavy (non-hydrogen) atoms. The van der Waals surface area contributed by atoms with E-state index in [1.165, 1.54) is 0 Å². The topological polar surface area (TPSA) is 85.5 Å². The molecule has 7 nitrogen and oxygen atoms in total. The maximum atomic E-state index is 6.14. The predicted octanol–water partition coefficient (Wildman–Crippen LogP) is 1.40. The third kappa shape index (κ3) is 2.52. The van der Waals surface area contributed by atoms with Gasteiger partial charge in [-0.2, -0.15) is 4.98 Å². The van der Waals surface area contributed by atoms with Crippen molar-refractivity contribution in [2.75, 3.05) is 51.0 Å². The maximum absolute atomic E-state index is 6.14. The van der Waals surface area contributed by atoms with Gasteiger partial charge in [-0.15, -0.1) is 0 Å². The van der Waals surface area contributed by atoms with E-state index < -0.39 is 0 Å². The molecular weight excluding hydrogens is 350 g/mol. The highest BCUT2D eigenvalue weighted by molar-refractivity contribution is 9.10. The van der Waals surface area contributed by atoms with Gasteiger partial charge in [0.2, 0.25) is 5.95 Å². The van der Waals surface area contributed by atoms with Gasteiger partial charge in [0.1, 0.15) is 5.82 Å². The lowest BCUT2D eigenvalue weighted by Crippen LogP contribution is -2.44. The molecule has 118 valence electrons. The van der Waals surface area contributed by atoms with Gasteiger partial charge in [-0.1, -0.05) is 0 Å². The highest BCUT2D eigenvalue weighted by Crippen LogP contribution is 2.42. The Morgan fingerprint density at radius 2 is 1.95 bits per heavy atom. The summed E-state index contributed by atoms with van der Waals surface area (Å²) >= 11 is 3.54. The summed E-state index contributed by atoms with van der Waals surface area (Å²) in [7, 11) is 3.18. The fraction of sp³-hybridized carbons (Fsp3) is 0.429. The third-order valence-electron chi connectivity index (χ3n) is 3.69. The van der Waals surface area contributed by atoms with Gasteiger partial charge >= 0.3 is 0 Å². The molecule has 2 aromatic rings. The van der Waals surface area contributed by atoms with Crippen LogP contribution in [0, 0.1) is 0 Å². The average Bonchev–Trinajstić information content (AvgIpc) is 2.56. The zero-order chi connectivity index (χ0) is 15.7. The van der Waals surface area contributed by atoms with Crippen LogP contribution in [0.3, 0.4) is 0 Å². The zero-order valence-electron chi connectivity index (χ0n) is 12.5. The molecule has 1 fully saturated rings. The maximum Gasteiger partial charge on any atom is 0.228 e. The Hall–Kier alpha value is -1.80. The van der Waals surface area contributed by atoms with E-state index >= 15 is 0 Å². The molecule has 1 aliphatic heterocycles. The molecule has 3 N–H and O–H groups in total. The first-order chi connectivity index (χ1) is 10.7. The Bertz CT molecular complexity index is 703. The number of fused-ring (bicyclic) bond motifs is 1. The van der Waals surface area contributed by atoms with Gasteiger partial charge in [0.05, 0.1) is 24.2 Å². The quantitative estimate of drug-likeness (QED) is 0.847. The van der Waals surface area contributed by atoms with Crippen molar-refractivity contribution < 1.29 is 9.47 Å². The Kier molecular flexibility index (Phi) is 4.21. The monoisotopic (exact) mass is 367 g/mol. The van der Waals surface area contributed by atoms with Crippen LogP contribution in [0.2, 0.25) is 0 Å². The summed E-state index contributed by atoms with van der Waals surface area (Å²) in [4.78, 5) is 11.2. The minimum absolute atomic E-state index is 0.431. The SMILES string of the molecule is COc1cc2c(N)nc(N3CCNCC3)nc2c(Br)c1OC. The van der Waals surface area contributed by atoms with Gasteiger partial charge in [-0.05, 0) is 22.0 Å². The third-order valence-corrected chi connectivity index (χ3v) is 4.43. The lowest BCUT2D eigenvalue weighted by molar-refractivity contribution is 0.354. The van der Waals surface area contributed by atoms with Crippen molar-refractivity contribution in [2.24, 2.45) is 0 Å². The molecule has 0 aliphatic carbocycles. The molecular formula is C14H18BrN5O2. The molecule has 0 spiro atoms. The molecule has 1 aliphatic rings.